The first-order chi connectivity index (χ1) is 7.27. The first-order valence-electron chi connectivity index (χ1n) is 4.52. The molecule has 3 rings (SSSR count). The second-order valence-corrected chi connectivity index (χ2v) is 3.35. The highest BCUT2D eigenvalue weighted by Crippen LogP contribution is 2.22. The minimum absolute atomic E-state index is 0.348. The number of pyridine rings is 1. The molecule has 0 amide bonds. The molecule has 0 fully saturated rings. The van der Waals surface area contributed by atoms with Gasteiger partial charge >= 0.3 is 5.65 Å². The molecule has 0 atom stereocenters. The third-order valence-electron chi connectivity index (χ3n) is 2.44. The van der Waals surface area contributed by atoms with Gasteiger partial charge in [0, 0.05) is 10.8 Å². The highest BCUT2D eigenvalue weighted by molar-refractivity contribution is 6.01. The van der Waals surface area contributed by atoms with Gasteiger partial charge in [0.25, 0.3) is 5.52 Å². The Hall–Kier alpha value is -2.17. The Kier molecular flexibility index (Phi) is 1.45. The molecule has 3 aromatic rings. The molecule has 0 saturated carbocycles. The summed E-state index contributed by atoms with van der Waals surface area (Å²) in [5.74, 6) is 0. The molecule has 0 unspecified atom stereocenters. The van der Waals surface area contributed by atoms with Gasteiger partial charge in [0.15, 0.2) is 0 Å². The molecular weight excluding hydrogens is 194 g/mol. The van der Waals surface area contributed by atoms with E-state index in [1.54, 1.807) is 0 Å². The van der Waals surface area contributed by atoms with E-state index in [9.17, 15) is 5.21 Å². The van der Waals surface area contributed by atoms with Gasteiger partial charge in [-0.3, -0.25) is 4.63 Å². The number of hydrogen-bond donors (Lipinski definition) is 0. The van der Waals surface area contributed by atoms with Crippen LogP contribution >= 0.6 is 0 Å². The molecule has 1 aromatic carbocycles. The number of nitrogens with zero attached hydrogens (tertiary/aromatic N) is 3. The van der Waals surface area contributed by atoms with Crippen LogP contribution < -0.4 is 4.90 Å². The summed E-state index contributed by atoms with van der Waals surface area (Å²) in [5, 5.41) is 16.7. The second-order valence-electron chi connectivity index (χ2n) is 3.35. The number of rotatable bonds is 0. The molecule has 0 aliphatic rings. The van der Waals surface area contributed by atoms with E-state index < -0.39 is 0 Å². The summed E-state index contributed by atoms with van der Waals surface area (Å²) in [6.45, 7) is 1.88. The number of fused-ring (bicyclic) bond motifs is 3. The molecule has 2 aromatic heterocycles. The number of aryl methyl sites for hydroxylation is 1. The fourth-order valence-electron chi connectivity index (χ4n) is 1.76. The minimum atomic E-state index is 0.348. The van der Waals surface area contributed by atoms with Gasteiger partial charge in [0.1, 0.15) is 0 Å². The molecule has 0 aliphatic carbocycles. The van der Waals surface area contributed by atoms with Gasteiger partial charge in [-0.15, -0.1) is 0 Å². The van der Waals surface area contributed by atoms with Crippen LogP contribution in [0.25, 0.3) is 21.9 Å². The maximum Gasteiger partial charge on any atom is 0.341 e. The fourth-order valence-corrected chi connectivity index (χ4v) is 1.76. The summed E-state index contributed by atoms with van der Waals surface area (Å²) in [7, 11) is 0. The van der Waals surface area contributed by atoms with E-state index in [1.165, 1.54) is 0 Å². The predicted molar refractivity (Wildman–Crippen MR) is 53.0 cm³/mol. The monoisotopic (exact) mass is 201 g/mol. The molecule has 0 aliphatic heterocycles. The van der Waals surface area contributed by atoms with Crippen molar-refractivity contribution in [1.29, 1.82) is 0 Å². The predicted octanol–water partition coefficient (Wildman–Crippen LogP) is 1.32. The molecule has 0 saturated heterocycles. The first-order valence-corrected chi connectivity index (χ1v) is 4.52. The summed E-state index contributed by atoms with van der Waals surface area (Å²) in [6.07, 6.45) is 0. The molecule has 0 spiro atoms. The van der Waals surface area contributed by atoms with Gasteiger partial charge in [-0.25, -0.2) is 4.98 Å². The van der Waals surface area contributed by atoms with Crippen LogP contribution in [-0.2, 0) is 0 Å². The van der Waals surface area contributed by atoms with Gasteiger partial charge in [-0.2, -0.15) is 0 Å². The van der Waals surface area contributed by atoms with Gasteiger partial charge in [0.05, 0.1) is 10.9 Å². The van der Waals surface area contributed by atoms with Crippen molar-refractivity contribution in [3.05, 3.63) is 35.2 Å². The van der Waals surface area contributed by atoms with Crippen LogP contribution in [0.15, 0.2) is 28.9 Å². The van der Waals surface area contributed by atoms with E-state index in [2.05, 4.69) is 14.8 Å². The summed E-state index contributed by atoms with van der Waals surface area (Å²) < 4.78 is 4.53. The van der Waals surface area contributed by atoms with Crippen molar-refractivity contribution in [1.82, 2.24) is 10.1 Å². The normalized spacial score (nSPS) is 11.3. The van der Waals surface area contributed by atoms with Gasteiger partial charge in [-0.05, 0) is 17.9 Å². The zero-order valence-electron chi connectivity index (χ0n) is 7.97. The van der Waals surface area contributed by atoms with E-state index in [0.29, 0.717) is 16.1 Å². The van der Waals surface area contributed by atoms with Gasteiger partial charge in [0.2, 0.25) is 0 Å². The number of aromatic nitrogens is 3. The lowest BCUT2D eigenvalue weighted by molar-refractivity contribution is -0.781. The topological polar surface area (TPSA) is 65.9 Å². The maximum atomic E-state index is 11.4. The van der Waals surface area contributed by atoms with E-state index in [0.717, 1.165) is 16.5 Å². The summed E-state index contributed by atoms with van der Waals surface area (Å²) in [6, 6.07) is 7.56. The van der Waals surface area contributed by atoms with E-state index >= 15 is 0 Å². The lowest BCUT2D eigenvalue weighted by Crippen LogP contribution is -2.22. The minimum Gasteiger partial charge on any atom is -0.359 e. The first kappa shape index (κ1) is 8.16. The van der Waals surface area contributed by atoms with Crippen LogP contribution in [-0.4, -0.2) is 10.1 Å². The number of hydrogen-bond acceptors (Lipinski definition) is 4. The Morgan fingerprint density at radius 3 is 2.80 bits per heavy atom. The molecule has 0 bridgehead atoms. The van der Waals surface area contributed by atoms with Crippen LogP contribution in [0.1, 0.15) is 5.69 Å². The van der Waals surface area contributed by atoms with Crippen molar-refractivity contribution in [2.75, 3.05) is 0 Å². The molecule has 2 heterocycles. The molecule has 5 heteroatoms. The standard InChI is InChI=1S/C10H7N3O2/c1-6-7-4-2-3-5-8(7)9-10(11-6)12-15-13(9)14/h2-5H,1H3. The van der Waals surface area contributed by atoms with Crippen molar-refractivity contribution in [2.45, 2.75) is 6.92 Å². The van der Waals surface area contributed by atoms with Crippen molar-refractivity contribution < 1.29 is 9.53 Å². The van der Waals surface area contributed by atoms with E-state index in [4.69, 9.17) is 0 Å². The SMILES string of the molecule is Cc1nc2no[n+]([O-])c2c2ccccc12. The molecular formula is C10H7N3O2. The molecule has 15 heavy (non-hydrogen) atoms. The van der Waals surface area contributed by atoms with Crippen LogP contribution in [0.2, 0.25) is 0 Å². The van der Waals surface area contributed by atoms with Gasteiger partial charge < -0.3 is 5.21 Å². The lowest BCUT2D eigenvalue weighted by Gasteiger charge is -1.98. The van der Waals surface area contributed by atoms with Crippen LogP contribution in [0.4, 0.5) is 0 Å². The highest BCUT2D eigenvalue weighted by Gasteiger charge is 2.16. The molecule has 74 valence electrons. The van der Waals surface area contributed by atoms with Gasteiger partial charge in [-0.1, -0.05) is 18.2 Å². The largest absolute Gasteiger partial charge is 0.359 e. The Bertz CT molecular complexity index is 660. The lowest BCUT2D eigenvalue weighted by atomic mass is 10.1. The van der Waals surface area contributed by atoms with Crippen LogP contribution in [0.3, 0.4) is 0 Å². The smallest absolute Gasteiger partial charge is 0.341 e. The quantitative estimate of drug-likeness (QED) is 0.514. The van der Waals surface area contributed by atoms with Crippen molar-refractivity contribution in [3.63, 3.8) is 0 Å². The second kappa shape index (κ2) is 2.66. The third-order valence-corrected chi connectivity index (χ3v) is 2.44. The van der Waals surface area contributed by atoms with Crippen molar-refractivity contribution in [2.24, 2.45) is 0 Å². The highest BCUT2D eigenvalue weighted by atomic mass is 16.8. The average Bonchev–Trinajstić information content (AvgIpc) is 2.61. The van der Waals surface area contributed by atoms with Crippen LogP contribution in [0.5, 0.6) is 0 Å². The number of benzene rings is 1. The van der Waals surface area contributed by atoms with Crippen molar-refractivity contribution >= 4 is 21.9 Å². The van der Waals surface area contributed by atoms with E-state index in [1.807, 2.05) is 31.2 Å². The Morgan fingerprint density at radius 1 is 1.27 bits per heavy atom. The fraction of sp³-hybridized carbons (Fsp3) is 0.100. The van der Waals surface area contributed by atoms with E-state index in [-0.39, 0.29) is 0 Å². The van der Waals surface area contributed by atoms with Crippen molar-refractivity contribution in [3.8, 4) is 0 Å². The van der Waals surface area contributed by atoms with Crippen LogP contribution in [0, 0.1) is 12.1 Å². The zero-order valence-corrected chi connectivity index (χ0v) is 7.97. The third kappa shape index (κ3) is 0.999. The Morgan fingerprint density at radius 2 is 2.00 bits per heavy atom. The Balaban J connectivity index is 2.67. The zero-order chi connectivity index (χ0) is 10.4. The summed E-state index contributed by atoms with van der Waals surface area (Å²) in [5.41, 5.74) is 1.57. The maximum absolute atomic E-state index is 11.4. The molecule has 0 radical (unpaired) electrons. The average molecular weight is 201 g/mol. The Labute approximate surface area is 84.5 Å². The summed E-state index contributed by atoms with van der Waals surface area (Å²) in [4.78, 5) is 4.59. The summed E-state index contributed by atoms with van der Waals surface area (Å²) >= 11 is 0. The molecule has 0 N–H and O–H groups in total. The molecule has 5 nitrogen and oxygen atoms in total.